The Bertz CT molecular complexity index is 1020. The number of urea groups is 1. The highest BCUT2D eigenvalue weighted by molar-refractivity contribution is 6.33. The van der Waals surface area contributed by atoms with Gasteiger partial charge in [0.2, 0.25) is 0 Å². The lowest BCUT2D eigenvalue weighted by Gasteiger charge is -2.24. The van der Waals surface area contributed by atoms with Gasteiger partial charge in [-0.2, -0.15) is 0 Å². The molecular formula is C22H24ClN5O. The number of hydrogen-bond acceptors (Lipinski definition) is 3. The van der Waals surface area contributed by atoms with Gasteiger partial charge in [-0.05, 0) is 49.6 Å². The number of aromatic nitrogens is 3. The Kier molecular flexibility index (Phi) is 5.81. The Labute approximate surface area is 175 Å². The van der Waals surface area contributed by atoms with E-state index in [1.165, 1.54) is 6.42 Å². The molecule has 0 saturated heterocycles. The summed E-state index contributed by atoms with van der Waals surface area (Å²) in [5.74, 6) is 1.77. The van der Waals surface area contributed by atoms with E-state index in [1.807, 2.05) is 49.4 Å². The second-order valence-electron chi connectivity index (χ2n) is 7.33. The third-order valence-electron chi connectivity index (χ3n) is 5.14. The van der Waals surface area contributed by atoms with Crippen LogP contribution in [0.1, 0.15) is 36.5 Å². The van der Waals surface area contributed by atoms with E-state index in [1.54, 1.807) is 11.0 Å². The quantitative estimate of drug-likeness (QED) is 0.643. The number of anilines is 2. The number of benzene rings is 2. The van der Waals surface area contributed by atoms with Crippen LogP contribution in [0.25, 0.3) is 0 Å². The first kappa shape index (κ1) is 19.5. The first-order valence-corrected chi connectivity index (χ1v) is 10.3. The van der Waals surface area contributed by atoms with Gasteiger partial charge in [-0.15, -0.1) is 10.2 Å². The molecule has 1 aliphatic rings. The highest BCUT2D eigenvalue weighted by Gasteiger charge is 2.23. The van der Waals surface area contributed by atoms with Gasteiger partial charge in [0.15, 0.2) is 5.82 Å². The molecular weight excluding hydrogens is 386 g/mol. The number of amides is 2. The maximum atomic E-state index is 13.2. The van der Waals surface area contributed by atoms with Gasteiger partial charge in [0.05, 0.1) is 17.3 Å². The lowest BCUT2D eigenvalue weighted by molar-refractivity contribution is 0.256. The minimum atomic E-state index is -0.255. The van der Waals surface area contributed by atoms with Crippen LogP contribution in [-0.4, -0.2) is 20.8 Å². The molecule has 2 heterocycles. The molecule has 4 rings (SSSR count). The third-order valence-corrected chi connectivity index (χ3v) is 5.46. The molecule has 0 bridgehead atoms. The van der Waals surface area contributed by atoms with Crippen LogP contribution in [0.5, 0.6) is 0 Å². The summed E-state index contributed by atoms with van der Waals surface area (Å²) in [6, 6.07) is 14.8. The van der Waals surface area contributed by atoms with Crippen molar-refractivity contribution in [3.8, 4) is 0 Å². The Morgan fingerprint density at radius 3 is 2.83 bits per heavy atom. The van der Waals surface area contributed by atoms with Crippen LogP contribution in [0.3, 0.4) is 0 Å². The molecule has 0 fully saturated rings. The monoisotopic (exact) mass is 409 g/mol. The average Bonchev–Trinajstić information content (AvgIpc) is 2.92. The molecule has 3 aromatic rings. The van der Waals surface area contributed by atoms with Crippen molar-refractivity contribution in [1.29, 1.82) is 0 Å². The van der Waals surface area contributed by atoms with Crippen molar-refractivity contribution < 1.29 is 4.79 Å². The molecule has 1 N–H and O–H groups in total. The summed E-state index contributed by atoms with van der Waals surface area (Å²) in [6.07, 6.45) is 4.33. The number of para-hydroxylation sites is 1. The molecule has 29 heavy (non-hydrogen) atoms. The maximum Gasteiger partial charge on any atom is 0.326 e. The van der Waals surface area contributed by atoms with E-state index in [-0.39, 0.29) is 6.03 Å². The Hall–Kier alpha value is -2.86. The molecule has 0 aliphatic carbocycles. The van der Waals surface area contributed by atoms with Crippen LogP contribution in [0.4, 0.5) is 16.2 Å². The summed E-state index contributed by atoms with van der Waals surface area (Å²) in [6.45, 7) is 3.18. The number of carbonyl (C=O) groups excluding carboxylic acids is 1. The Balaban J connectivity index is 1.65. The second-order valence-corrected chi connectivity index (χ2v) is 7.74. The lowest BCUT2D eigenvalue weighted by atomic mass is 10.2. The summed E-state index contributed by atoms with van der Waals surface area (Å²) in [4.78, 5) is 14.9. The van der Waals surface area contributed by atoms with Crippen molar-refractivity contribution in [2.45, 2.75) is 45.7 Å². The second kappa shape index (κ2) is 8.66. The molecule has 0 unspecified atom stereocenters. The zero-order valence-electron chi connectivity index (χ0n) is 16.4. The highest BCUT2D eigenvalue weighted by Crippen LogP contribution is 2.28. The molecule has 150 valence electrons. The molecule has 6 nitrogen and oxygen atoms in total. The largest absolute Gasteiger partial charge is 0.326 e. The number of fused-ring (bicyclic) bond motifs is 1. The standard InChI is InChI=1S/C22H24ClN5O/c1-16-8-7-9-17(14-16)24-22(29)28(19-11-5-4-10-18(19)23)15-21-26-25-20-12-3-2-6-13-27(20)21/h4-5,7-11,14H,2-3,6,12-13,15H2,1H3,(H,24,29). The van der Waals surface area contributed by atoms with Crippen molar-refractivity contribution in [1.82, 2.24) is 14.8 Å². The summed E-state index contributed by atoms with van der Waals surface area (Å²) in [5.41, 5.74) is 2.47. The van der Waals surface area contributed by atoms with Gasteiger partial charge in [0, 0.05) is 18.7 Å². The fourth-order valence-corrected chi connectivity index (χ4v) is 3.89. The molecule has 0 saturated carbocycles. The van der Waals surface area contributed by atoms with Crippen molar-refractivity contribution in [3.05, 3.63) is 70.8 Å². The minimum Gasteiger partial charge on any atom is -0.313 e. The predicted molar refractivity (Wildman–Crippen MR) is 115 cm³/mol. The van der Waals surface area contributed by atoms with Gasteiger partial charge in [-0.25, -0.2) is 4.79 Å². The van der Waals surface area contributed by atoms with E-state index in [4.69, 9.17) is 11.6 Å². The molecule has 7 heteroatoms. The fraction of sp³-hybridized carbons (Fsp3) is 0.318. The van der Waals surface area contributed by atoms with Crippen molar-refractivity contribution in [2.24, 2.45) is 0 Å². The Morgan fingerprint density at radius 1 is 1.14 bits per heavy atom. The van der Waals surface area contributed by atoms with Crippen molar-refractivity contribution in [2.75, 3.05) is 10.2 Å². The first-order valence-electron chi connectivity index (χ1n) is 9.92. The summed E-state index contributed by atoms with van der Waals surface area (Å²) in [7, 11) is 0. The lowest BCUT2D eigenvalue weighted by Crippen LogP contribution is -2.35. The number of rotatable bonds is 4. The van der Waals surface area contributed by atoms with Crippen molar-refractivity contribution >= 4 is 29.0 Å². The third kappa shape index (κ3) is 4.43. The number of aryl methyl sites for hydroxylation is 2. The molecule has 2 amide bonds. The van der Waals surface area contributed by atoms with E-state index < -0.39 is 0 Å². The van der Waals surface area contributed by atoms with E-state index >= 15 is 0 Å². The van der Waals surface area contributed by atoms with Gasteiger partial charge < -0.3 is 9.88 Å². The van der Waals surface area contributed by atoms with Gasteiger partial charge in [0.25, 0.3) is 0 Å². The van der Waals surface area contributed by atoms with Gasteiger partial charge >= 0.3 is 6.03 Å². The van der Waals surface area contributed by atoms with Crippen LogP contribution in [0, 0.1) is 6.92 Å². The molecule has 0 spiro atoms. The predicted octanol–water partition coefficient (Wildman–Crippen LogP) is 5.21. The molecule has 0 atom stereocenters. The van der Waals surface area contributed by atoms with Crippen LogP contribution < -0.4 is 10.2 Å². The smallest absolute Gasteiger partial charge is 0.313 e. The number of carbonyl (C=O) groups is 1. The topological polar surface area (TPSA) is 63.1 Å². The van der Waals surface area contributed by atoms with Crippen LogP contribution in [0.15, 0.2) is 48.5 Å². The van der Waals surface area contributed by atoms with Crippen LogP contribution in [0.2, 0.25) is 5.02 Å². The number of hydrogen-bond donors (Lipinski definition) is 1. The molecule has 0 radical (unpaired) electrons. The van der Waals surface area contributed by atoms with E-state index in [9.17, 15) is 4.79 Å². The zero-order valence-corrected chi connectivity index (χ0v) is 17.2. The van der Waals surface area contributed by atoms with Gasteiger partial charge in [-0.1, -0.05) is 42.3 Å². The van der Waals surface area contributed by atoms with E-state index in [2.05, 4.69) is 20.1 Å². The number of nitrogens with zero attached hydrogens (tertiary/aromatic N) is 4. The number of halogens is 1. The van der Waals surface area contributed by atoms with E-state index in [0.717, 1.165) is 48.7 Å². The number of nitrogens with one attached hydrogen (secondary N) is 1. The van der Waals surface area contributed by atoms with Crippen molar-refractivity contribution in [3.63, 3.8) is 0 Å². The molecule has 1 aliphatic heterocycles. The molecule has 2 aromatic carbocycles. The highest BCUT2D eigenvalue weighted by atomic mass is 35.5. The zero-order chi connectivity index (χ0) is 20.2. The van der Waals surface area contributed by atoms with Gasteiger partial charge in [-0.3, -0.25) is 4.90 Å². The fourth-order valence-electron chi connectivity index (χ4n) is 3.65. The minimum absolute atomic E-state index is 0.255. The average molecular weight is 410 g/mol. The summed E-state index contributed by atoms with van der Waals surface area (Å²) in [5, 5.41) is 12.2. The summed E-state index contributed by atoms with van der Waals surface area (Å²) >= 11 is 6.44. The SMILES string of the molecule is Cc1cccc(NC(=O)N(Cc2nnc3n2CCCCC3)c2ccccc2Cl)c1. The van der Waals surface area contributed by atoms with Crippen LogP contribution in [-0.2, 0) is 19.5 Å². The summed E-state index contributed by atoms with van der Waals surface area (Å²) < 4.78 is 2.15. The van der Waals surface area contributed by atoms with Crippen LogP contribution >= 0.6 is 11.6 Å². The van der Waals surface area contributed by atoms with E-state index in [0.29, 0.717) is 17.3 Å². The maximum absolute atomic E-state index is 13.2. The first-order chi connectivity index (χ1) is 14.1. The van der Waals surface area contributed by atoms with Gasteiger partial charge in [0.1, 0.15) is 5.82 Å². The molecule has 1 aromatic heterocycles. The normalized spacial score (nSPS) is 13.4. The Morgan fingerprint density at radius 2 is 2.00 bits per heavy atom.